The maximum absolute atomic E-state index is 13.4. The van der Waals surface area contributed by atoms with Gasteiger partial charge in [0.25, 0.3) is 0 Å². The summed E-state index contributed by atoms with van der Waals surface area (Å²) in [6.45, 7) is -0.898. The van der Waals surface area contributed by atoms with E-state index in [-0.39, 0.29) is 0 Å². The van der Waals surface area contributed by atoms with Crippen LogP contribution in [0.15, 0.2) is 48.5 Å². The van der Waals surface area contributed by atoms with Gasteiger partial charge in [0.05, 0.1) is 28.9 Å². The third kappa shape index (κ3) is 7.50. The number of phenols is 12. The standard InChI is InChI=1S/C33H26O21/c34-14-1-10(2-15(35)23(14)42)29(46)51-22-9-50-33(54-32(49)13-7-20(40)26(45)21(41)8-13)28(53-31(48)12-5-18(38)25(44)19(39)6-12)27(22)52-30(47)11-3-16(36)24(43)17(37)4-11/h1-8,22,27-28,33-45H,9H2/t22-,27+,28-,33+/m1/s1. The van der Waals surface area contributed by atoms with E-state index in [0.717, 1.165) is 0 Å². The van der Waals surface area contributed by atoms with Crippen molar-refractivity contribution in [1.29, 1.82) is 0 Å². The Balaban J connectivity index is 1.58. The van der Waals surface area contributed by atoms with Crippen molar-refractivity contribution in [1.82, 2.24) is 0 Å². The summed E-state index contributed by atoms with van der Waals surface area (Å²) in [6, 6.07) is 5.13. The molecule has 4 atom stereocenters. The molecule has 1 saturated heterocycles. The van der Waals surface area contributed by atoms with Crippen LogP contribution in [0.4, 0.5) is 0 Å². The van der Waals surface area contributed by atoms with Crippen molar-refractivity contribution >= 4 is 23.9 Å². The summed E-state index contributed by atoms with van der Waals surface area (Å²) in [5.74, 6) is -17.9. The molecule has 0 unspecified atom stereocenters. The Hall–Kier alpha value is -7.68. The number of hydrogen-bond donors (Lipinski definition) is 12. The minimum Gasteiger partial charge on any atom is -0.504 e. The van der Waals surface area contributed by atoms with Crippen molar-refractivity contribution in [3.8, 4) is 69.0 Å². The monoisotopic (exact) mass is 758 g/mol. The van der Waals surface area contributed by atoms with Crippen molar-refractivity contribution in [2.24, 2.45) is 0 Å². The molecule has 0 radical (unpaired) electrons. The normalized spacial score (nSPS) is 17.9. The Kier molecular flexibility index (Phi) is 10.1. The van der Waals surface area contributed by atoms with Gasteiger partial charge in [-0.15, -0.1) is 0 Å². The Labute approximate surface area is 299 Å². The van der Waals surface area contributed by atoms with Gasteiger partial charge in [-0.1, -0.05) is 0 Å². The average Bonchev–Trinajstić information content (AvgIpc) is 3.11. The van der Waals surface area contributed by atoms with Gasteiger partial charge in [-0.25, -0.2) is 19.2 Å². The fourth-order valence-electron chi connectivity index (χ4n) is 4.86. The van der Waals surface area contributed by atoms with E-state index < -0.39 is 146 Å². The number of phenolic OH excluding ortho intramolecular Hbond substituents is 12. The molecule has 12 N–H and O–H groups in total. The summed E-state index contributed by atoms with van der Waals surface area (Å²) in [5.41, 5.74) is -2.59. The zero-order valence-electron chi connectivity index (χ0n) is 26.7. The second-order valence-electron chi connectivity index (χ2n) is 11.2. The van der Waals surface area contributed by atoms with Crippen LogP contribution in [0.2, 0.25) is 0 Å². The van der Waals surface area contributed by atoms with E-state index in [2.05, 4.69) is 0 Å². The predicted molar refractivity (Wildman–Crippen MR) is 169 cm³/mol. The molecule has 0 spiro atoms. The van der Waals surface area contributed by atoms with E-state index in [1.165, 1.54) is 0 Å². The smallest absolute Gasteiger partial charge is 0.340 e. The van der Waals surface area contributed by atoms with Crippen molar-refractivity contribution in [2.75, 3.05) is 6.61 Å². The zero-order valence-corrected chi connectivity index (χ0v) is 26.7. The molecule has 1 aliphatic heterocycles. The number of esters is 4. The minimum absolute atomic E-state index is 0.606. The largest absolute Gasteiger partial charge is 0.504 e. The first-order chi connectivity index (χ1) is 25.4. The van der Waals surface area contributed by atoms with Gasteiger partial charge in [-0.05, 0) is 48.5 Å². The molecule has 4 aromatic rings. The van der Waals surface area contributed by atoms with Crippen LogP contribution in [-0.2, 0) is 23.7 Å². The highest BCUT2D eigenvalue weighted by Gasteiger charge is 2.50. The van der Waals surface area contributed by atoms with Crippen molar-refractivity contribution in [3.63, 3.8) is 0 Å². The average molecular weight is 759 g/mol. The van der Waals surface area contributed by atoms with E-state index >= 15 is 0 Å². The molecule has 1 heterocycles. The molecule has 21 heteroatoms. The Bertz CT molecular complexity index is 1930. The van der Waals surface area contributed by atoms with Gasteiger partial charge in [0, 0.05) is 0 Å². The zero-order chi connectivity index (χ0) is 39.8. The molecule has 284 valence electrons. The maximum atomic E-state index is 13.4. The third-order valence-electron chi connectivity index (χ3n) is 7.57. The van der Waals surface area contributed by atoms with Crippen LogP contribution < -0.4 is 0 Å². The molecule has 0 saturated carbocycles. The summed E-state index contributed by atoms with van der Waals surface area (Å²) < 4.78 is 27.1. The number of ether oxygens (including phenoxy) is 5. The molecule has 21 nitrogen and oxygen atoms in total. The molecule has 4 aromatic carbocycles. The number of aromatic hydroxyl groups is 12. The lowest BCUT2D eigenvalue weighted by molar-refractivity contribution is -0.250. The van der Waals surface area contributed by atoms with Crippen molar-refractivity contribution in [2.45, 2.75) is 24.6 Å². The lowest BCUT2D eigenvalue weighted by atomic mass is 10.0. The lowest BCUT2D eigenvalue weighted by Gasteiger charge is -2.40. The molecular formula is C33H26O21. The van der Waals surface area contributed by atoms with Gasteiger partial charge in [0.15, 0.2) is 81.2 Å². The fraction of sp³-hybridized carbons (Fsp3) is 0.152. The molecule has 5 rings (SSSR count). The van der Waals surface area contributed by atoms with Crippen molar-refractivity contribution in [3.05, 3.63) is 70.8 Å². The fourth-order valence-corrected chi connectivity index (χ4v) is 4.86. The molecule has 1 fully saturated rings. The molecular weight excluding hydrogens is 732 g/mol. The Morgan fingerprint density at radius 2 is 0.667 bits per heavy atom. The van der Waals surface area contributed by atoms with Crippen LogP contribution in [0, 0.1) is 0 Å². The van der Waals surface area contributed by atoms with Gasteiger partial charge in [0.1, 0.15) is 0 Å². The highest BCUT2D eigenvalue weighted by molar-refractivity contribution is 5.94. The minimum atomic E-state index is -2.25. The van der Waals surface area contributed by atoms with E-state index in [1.807, 2.05) is 0 Å². The molecule has 0 amide bonds. The van der Waals surface area contributed by atoms with Crippen LogP contribution in [0.5, 0.6) is 69.0 Å². The molecule has 0 aliphatic carbocycles. The second-order valence-corrected chi connectivity index (χ2v) is 11.2. The first kappa shape index (κ1) is 37.6. The Morgan fingerprint density at radius 1 is 0.407 bits per heavy atom. The summed E-state index contributed by atoms with van der Waals surface area (Å²) >= 11 is 0. The predicted octanol–water partition coefficient (Wildman–Crippen LogP) is 1.34. The molecule has 54 heavy (non-hydrogen) atoms. The van der Waals surface area contributed by atoms with Gasteiger partial charge in [0.2, 0.25) is 12.4 Å². The van der Waals surface area contributed by atoms with Crippen LogP contribution >= 0.6 is 0 Å². The van der Waals surface area contributed by atoms with Gasteiger partial charge in [-0.2, -0.15) is 0 Å². The van der Waals surface area contributed by atoms with Crippen LogP contribution in [0.25, 0.3) is 0 Å². The number of hydrogen-bond acceptors (Lipinski definition) is 21. The van der Waals surface area contributed by atoms with Gasteiger partial charge < -0.3 is 85.0 Å². The molecule has 0 aromatic heterocycles. The van der Waals surface area contributed by atoms with Gasteiger partial charge >= 0.3 is 23.9 Å². The SMILES string of the molecule is O=C(O[C@@H]1OC[C@@H](OC(=O)c2cc(O)c(O)c(O)c2)[C@H](OC(=O)c2cc(O)c(O)c(O)c2)[C@H]1OC(=O)c1cc(O)c(O)c(O)c1)c1cc(O)c(O)c(O)c1. The maximum Gasteiger partial charge on any atom is 0.340 e. The van der Waals surface area contributed by atoms with E-state index in [0.29, 0.717) is 48.5 Å². The van der Waals surface area contributed by atoms with Gasteiger partial charge in [-0.3, -0.25) is 0 Å². The number of carbonyl (C=O) groups excluding carboxylic acids is 4. The van der Waals surface area contributed by atoms with Crippen LogP contribution in [0.3, 0.4) is 0 Å². The topological polar surface area (TPSA) is 357 Å². The van der Waals surface area contributed by atoms with Crippen LogP contribution in [-0.4, -0.2) is 116 Å². The summed E-state index contributed by atoms with van der Waals surface area (Å²) in [7, 11) is 0. The van der Waals surface area contributed by atoms with Crippen LogP contribution in [0.1, 0.15) is 41.4 Å². The van der Waals surface area contributed by atoms with E-state index in [4.69, 9.17) is 23.7 Å². The summed E-state index contributed by atoms with van der Waals surface area (Å²) in [6.07, 6.45) is -8.50. The molecule has 0 bridgehead atoms. The number of rotatable bonds is 8. The first-order valence-corrected chi connectivity index (χ1v) is 14.8. The van der Waals surface area contributed by atoms with E-state index in [9.17, 15) is 80.5 Å². The number of carbonyl (C=O) groups is 4. The summed E-state index contributed by atoms with van der Waals surface area (Å²) in [4.78, 5) is 53.2. The first-order valence-electron chi connectivity index (χ1n) is 14.8. The second kappa shape index (κ2) is 14.5. The lowest BCUT2D eigenvalue weighted by Crippen LogP contribution is -2.58. The highest BCUT2D eigenvalue weighted by atomic mass is 16.7. The highest BCUT2D eigenvalue weighted by Crippen LogP contribution is 2.40. The van der Waals surface area contributed by atoms with E-state index in [1.54, 1.807) is 0 Å². The quantitative estimate of drug-likeness (QED) is 0.0685. The summed E-state index contributed by atoms with van der Waals surface area (Å²) in [5, 5.41) is 118. The van der Waals surface area contributed by atoms with Crippen molar-refractivity contribution < 1.29 is 104 Å². The number of benzene rings is 4. The Morgan fingerprint density at radius 3 is 0.981 bits per heavy atom. The third-order valence-corrected chi connectivity index (χ3v) is 7.57. The molecule has 1 aliphatic rings.